The van der Waals surface area contributed by atoms with Gasteiger partial charge < -0.3 is 30.3 Å². The first-order valence-corrected chi connectivity index (χ1v) is 17.3. The molecule has 1 spiro atoms. The number of cyclic esters (lactones) is 1. The molecule has 3 aliphatic rings. The quantitative estimate of drug-likeness (QED) is 0.109. The Hall–Kier alpha value is -5.73. The van der Waals surface area contributed by atoms with Crippen molar-refractivity contribution in [3.8, 4) is 17.6 Å². The third-order valence-electron chi connectivity index (χ3n) is 10.0. The van der Waals surface area contributed by atoms with E-state index in [9.17, 15) is 19.8 Å². The van der Waals surface area contributed by atoms with Gasteiger partial charge in [-0.2, -0.15) is 0 Å². The van der Waals surface area contributed by atoms with Gasteiger partial charge in [-0.25, -0.2) is 0 Å². The van der Waals surface area contributed by atoms with Crippen molar-refractivity contribution in [1.82, 2.24) is 10.2 Å². The molecule has 10 heteroatoms. The van der Waals surface area contributed by atoms with E-state index in [4.69, 9.17) is 9.47 Å². The summed E-state index contributed by atoms with van der Waals surface area (Å²) in [5.74, 6) is 3.65. The Labute approximate surface area is 302 Å². The summed E-state index contributed by atoms with van der Waals surface area (Å²) >= 11 is 0. The van der Waals surface area contributed by atoms with E-state index in [1.165, 1.54) is 0 Å². The van der Waals surface area contributed by atoms with Gasteiger partial charge in [0.1, 0.15) is 29.9 Å². The minimum Gasteiger partial charge on any atom is -0.491 e. The van der Waals surface area contributed by atoms with E-state index in [0.717, 1.165) is 11.1 Å². The first-order valence-electron chi connectivity index (χ1n) is 17.3. The van der Waals surface area contributed by atoms with E-state index in [-0.39, 0.29) is 32.8 Å². The summed E-state index contributed by atoms with van der Waals surface area (Å²) in [7, 11) is 0. The molecular formula is C42H39N3O7. The molecule has 264 valence electrons. The first kappa shape index (κ1) is 34.7. The van der Waals surface area contributed by atoms with Crippen molar-refractivity contribution < 1.29 is 34.1 Å². The van der Waals surface area contributed by atoms with Crippen LogP contribution in [-0.4, -0.2) is 65.3 Å². The molecule has 6 atom stereocenters. The van der Waals surface area contributed by atoms with E-state index in [1.54, 1.807) is 42.5 Å². The summed E-state index contributed by atoms with van der Waals surface area (Å²) in [5, 5.41) is 24.9. The van der Waals surface area contributed by atoms with Gasteiger partial charge in [-0.05, 0) is 52.6 Å². The lowest BCUT2D eigenvalue weighted by atomic mass is 9.65. The lowest BCUT2D eigenvalue weighted by molar-refractivity contribution is -0.178. The largest absolute Gasteiger partial charge is 0.491 e. The van der Waals surface area contributed by atoms with Crippen LogP contribution in [0.4, 0.5) is 5.69 Å². The zero-order valence-corrected chi connectivity index (χ0v) is 28.4. The highest BCUT2D eigenvalue weighted by Crippen LogP contribution is 2.64. The molecule has 52 heavy (non-hydrogen) atoms. The number of rotatable bonds is 10. The van der Waals surface area contributed by atoms with Crippen LogP contribution in [0.2, 0.25) is 0 Å². The summed E-state index contributed by atoms with van der Waals surface area (Å²) in [6.45, 7) is 3.63. The van der Waals surface area contributed by atoms with Crippen LogP contribution >= 0.6 is 0 Å². The van der Waals surface area contributed by atoms with Crippen LogP contribution in [0.5, 0.6) is 5.75 Å². The van der Waals surface area contributed by atoms with Gasteiger partial charge in [-0.1, -0.05) is 90.7 Å². The van der Waals surface area contributed by atoms with Crippen molar-refractivity contribution >= 4 is 23.5 Å². The van der Waals surface area contributed by atoms with Gasteiger partial charge in [0.05, 0.1) is 31.2 Å². The lowest BCUT2D eigenvalue weighted by Crippen LogP contribution is -2.54. The fourth-order valence-electron chi connectivity index (χ4n) is 8.11. The number of hydrogen-bond donors (Lipinski definition) is 4. The molecule has 4 N–H and O–H groups in total. The molecule has 10 nitrogen and oxygen atoms in total. The van der Waals surface area contributed by atoms with E-state index in [0.29, 0.717) is 28.1 Å². The average Bonchev–Trinajstić information content (AvgIpc) is 3.65. The van der Waals surface area contributed by atoms with Crippen LogP contribution in [0.15, 0.2) is 116 Å². The fourth-order valence-corrected chi connectivity index (χ4v) is 8.11. The van der Waals surface area contributed by atoms with Crippen LogP contribution in [0.25, 0.3) is 0 Å². The zero-order chi connectivity index (χ0) is 36.2. The average molecular weight is 698 g/mol. The van der Waals surface area contributed by atoms with Gasteiger partial charge in [-0.3, -0.25) is 19.3 Å². The Bertz CT molecular complexity index is 2040. The van der Waals surface area contributed by atoms with Crippen molar-refractivity contribution in [3.05, 3.63) is 144 Å². The summed E-state index contributed by atoms with van der Waals surface area (Å²) in [5.41, 5.74) is 2.14. The Morgan fingerprint density at radius 2 is 1.65 bits per heavy atom. The molecule has 4 aromatic rings. The highest BCUT2D eigenvalue weighted by Gasteiger charge is 2.74. The number of nitrogens with zero attached hydrogens (tertiary/aromatic N) is 1. The SMILES string of the molecule is C=CCNC(=O)C1C2C(=O)OC(c3ccccc3)C(c3ccccc3)N2C(c2cccc(OCCO)c2)C12C(=O)Nc1ccc(C#CCCO)cc12. The Morgan fingerprint density at radius 3 is 2.37 bits per heavy atom. The van der Waals surface area contributed by atoms with Crippen molar-refractivity contribution in [2.24, 2.45) is 5.92 Å². The molecule has 2 amide bonds. The van der Waals surface area contributed by atoms with Crippen LogP contribution in [0.1, 0.15) is 52.4 Å². The van der Waals surface area contributed by atoms with Crippen LogP contribution in [0.3, 0.4) is 0 Å². The second-order valence-corrected chi connectivity index (χ2v) is 12.9. The molecular weight excluding hydrogens is 658 g/mol. The molecule has 2 fully saturated rings. The van der Waals surface area contributed by atoms with E-state index < -0.39 is 53.3 Å². The van der Waals surface area contributed by atoms with Gasteiger partial charge in [0.25, 0.3) is 0 Å². The third kappa shape index (κ3) is 5.93. The smallest absolute Gasteiger partial charge is 0.324 e. The number of aliphatic hydroxyl groups is 2. The Kier molecular flexibility index (Phi) is 9.92. The summed E-state index contributed by atoms with van der Waals surface area (Å²) in [6.07, 6.45) is 1.01. The highest BCUT2D eigenvalue weighted by molar-refractivity contribution is 6.12. The monoisotopic (exact) mass is 697 g/mol. The topological polar surface area (TPSA) is 137 Å². The number of ether oxygens (including phenoxy) is 2. The second-order valence-electron chi connectivity index (χ2n) is 12.9. The molecule has 3 heterocycles. The van der Waals surface area contributed by atoms with Crippen LogP contribution < -0.4 is 15.4 Å². The maximum absolute atomic E-state index is 15.1. The van der Waals surface area contributed by atoms with Gasteiger partial charge in [0, 0.05) is 24.2 Å². The summed E-state index contributed by atoms with van der Waals surface area (Å²) in [4.78, 5) is 46.5. The zero-order valence-electron chi connectivity index (χ0n) is 28.4. The Balaban J connectivity index is 1.55. The molecule has 4 aromatic carbocycles. The molecule has 0 bridgehead atoms. The maximum Gasteiger partial charge on any atom is 0.324 e. The number of morpholine rings is 1. The van der Waals surface area contributed by atoms with Crippen LogP contribution in [0, 0.1) is 17.8 Å². The molecule has 0 aliphatic carbocycles. The number of amides is 2. The molecule has 0 aromatic heterocycles. The number of esters is 1. The fraction of sp³-hybridized carbons (Fsp3) is 0.262. The van der Waals surface area contributed by atoms with Gasteiger partial charge in [0.15, 0.2) is 0 Å². The van der Waals surface area contributed by atoms with Crippen LogP contribution in [-0.2, 0) is 24.5 Å². The molecule has 0 saturated carbocycles. The number of fused-ring (bicyclic) bond motifs is 3. The maximum atomic E-state index is 15.1. The first-order chi connectivity index (χ1) is 25.4. The molecule has 7 rings (SSSR count). The molecule has 3 aliphatic heterocycles. The summed E-state index contributed by atoms with van der Waals surface area (Å²) in [6, 6.07) is 28.9. The van der Waals surface area contributed by atoms with Crippen molar-refractivity contribution in [3.63, 3.8) is 0 Å². The van der Waals surface area contributed by atoms with E-state index in [2.05, 4.69) is 29.1 Å². The van der Waals surface area contributed by atoms with Crippen molar-refractivity contribution in [2.75, 3.05) is 31.7 Å². The molecule has 6 unspecified atom stereocenters. The lowest BCUT2D eigenvalue weighted by Gasteiger charge is -2.46. The molecule has 2 saturated heterocycles. The predicted molar refractivity (Wildman–Crippen MR) is 194 cm³/mol. The minimum atomic E-state index is -1.67. The number of carbonyl (C=O) groups is 3. The number of nitrogens with one attached hydrogen (secondary N) is 2. The number of hydrogen-bond acceptors (Lipinski definition) is 8. The van der Waals surface area contributed by atoms with Gasteiger partial charge in [-0.15, -0.1) is 6.58 Å². The third-order valence-corrected chi connectivity index (χ3v) is 10.0. The van der Waals surface area contributed by atoms with Crippen molar-refractivity contribution in [1.29, 1.82) is 0 Å². The van der Waals surface area contributed by atoms with Gasteiger partial charge in [0.2, 0.25) is 11.8 Å². The summed E-state index contributed by atoms with van der Waals surface area (Å²) < 4.78 is 12.3. The number of benzene rings is 4. The number of anilines is 1. The molecule has 0 radical (unpaired) electrons. The Morgan fingerprint density at radius 1 is 0.923 bits per heavy atom. The standard InChI is InChI=1S/C42H39N3O7/c1-2-21-43-39(48)34-36-40(49)52-37(29-15-7-4-8-16-29)35(28-13-5-3-6-14-28)45(36)38(30-17-11-18-31(26-30)51-24-23-47)42(34)32-25-27(12-9-10-22-46)19-20-33(32)44-41(42)50/h2-8,11,13-20,25-26,34-38,46-47H,1,10,21-24H2,(H,43,48)(H,44,50). The second kappa shape index (κ2) is 14.9. The normalized spacial score (nSPS) is 24.5. The van der Waals surface area contributed by atoms with E-state index >= 15 is 4.79 Å². The number of aliphatic hydroxyl groups excluding tert-OH is 2. The minimum absolute atomic E-state index is 0.0480. The number of carbonyl (C=O) groups excluding carboxylic acids is 3. The predicted octanol–water partition coefficient (Wildman–Crippen LogP) is 4.36. The van der Waals surface area contributed by atoms with Gasteiger partial charge >= 0.3 is 5.97 Å². The van der Waals surface area contributed by atoms with Crippen molar-refractivity contribution in [2.45, 2.75) is 36.1 Å². The van der Waals surface area contributed by atoms with E-state index in [1.807, 2.05) is 71.6 Å². The highest BCUT2D eigenvalue weighted by atomic mass is 16.6.